The second kappa shape index (κ2) is 7.62. The molecule has 1 aliphatic heterocycles. The van der Waals surface area contributed by atoms with Crippen LogP contribution in [0.3, 0.4) is 0 Å². The van der Waals surface area contributed by atoms with Crippen LogP contribution in [0.25, 0.3) is 0 Å². The highest BCUT2D eigenvalue weighted by Crippen LogP contribution is 2.31. The SMILES string of the molecule is Cc1nn(C)c(N[C@H](CN2CCOCC2)c2ccccc2)c1[N+](=O)[O-]. The normalized spacial score (nSPS) is 16.6. The number of nitrogens with zero attached hydrogens (tertiary/aromatic N) is 4. The summed E-state index contributed by atoms with van der Waals surface area (Å²) >= 11 is 0. The minimum Gasteiger partial charge on any atom is -0.379 e. The number of ether oxygens (including phenoxy) is 1. The van der Waals surface area contributed by atoms with Gasteiger partial charge in [0.2, 0.25) is 5.82 Å². The molecule has 2 heterocycles. The number of aromatic nitrogens is 2. The van der Waals surface area contributed by atoms with E-state index >= 15 is 0 Å². The molecular weight excluding hydrogens is 322 g/mol. The third-order valence-corrected chi connectivity index (χ3v) is 4.43. The molecule has 1 aromatic carbocycles. The van der Waals surface area contributed by atoms with Crippen molar-refractivity contribution in [2.45, 2.75) is 13.0 Å². The first-order valence-corrected chi connectivity index (χ1v) is 8.36. The summed E-state index contributed by atoms with van der Waals surface area (Å²) < 4.78 is 6.96. The van der Waals surface area contributed by atoms with E-state index in [0.717, 1.165) is 25.2 Å². The van der Waals surface area contributed by atoms with Gasteiger partial charge in [-0.05, 0) is 12.5 Å². The van der Waals surface area contributed by atoms with E-state index in [1.165, 1.54) is 0 Å². The molecule has 0 bridgehead atoms. The largest absolute Gasteiger partial charge is 0.379 e. The molecule has 1 N–H and O–H groups in total. The Bertz CT molecular complexity index is 725. The Labute approximate surface area is 146 Å². The molecule has 8 nitrogen and oxygen atoms in total. The Morgan fingerprint density at radius 2 is 2.00 bits per heavy atom. The van der Waals surface area contributed by atoms with Crippen molar-refractivity contribution in [3.05, 3.63) is 51.7 Å². The van der Waals surface area contributed by atoms with Crippen LogP contribution in [-0.4, -0.2) is 52.5 Å². The third-order valence-electron chi connectivity index (χ3n) is 4.43. The van der Waals surface area contributed by atoms with Crippen molar-refractivity contribution in [2.24, 2.45) is 7.05 Å². The highest BCUT2D eigenvalue weighted by molar-refractivity contribution is 5.60. The molecule has 8 heteroatoms. The average Bonchev–Trinajstić information content (AvgIpc) is 2.89. The van der Waals surface area contributed by atoms with Crippen molar-refractivity contribution in [3.63, 3.8) is 0 Å². The van der Waals surface area contributed by atoms with Gasteiger partial charge in [-0.2, -0.15) is 5.10 Å². The summed E-state index contributed by atoms with van der Waals surface area (Å²) in [5.41, 5.74) is 1.53. The highest BCUT2D eigenvalue weighted by Gasteiger charge is 2.27. The number of benzene rings is 1. The maximum Gasteiger partial charge on any atom is 0.333 e. The van der Waals surface area contributed by atoms with Crippen LogP contribution >= 0.6 is 0 Å². The van der Waals surface area contributed by atoms with Crippen molar-refractivity contribution in [2.75, 3.05) is 38.2 Å². The maximum absolute atomic E-state index is 11.4. The van der Waals surface area contributed by atoms with Gasteiger partial charge in [0.1, 0.15) is 5.69 Å². The standard InChI is InChI=1S/C17H23N5O3/c1-13-16(22(23)24)17(20(2)19-13)18-15(14-6-4-3-5-7-14)12-21-8-10-25-11-9-21/h3-7,15,18H,8-12H2,1-2H3/t15-/m1/s1. The Kier molecular flexibility index (Phi) is 5.30. The van der Waals surface area contributed by atoms with E-state index < -0.39 is 0 Å². The lowest BCUT2D eigenvalue weighted by Gasteiger charge is -2.31. The zero-order valence-electron chi connectivity index (χ0n) is 14.5. The first-order valence-electron chi connectivity index (χ1n) is 8.36. The minimum absolute atomic E-state index is 0.0328. The van der Waals surface area contributed by atoms with Gasteiger partial charge in [-0.15, -0.1) is 0 Å². The molecule has 0 spiro atoms. The minimum atomic E-state index is -0.374. The van der Waals surface area contributed by atoms with Crippen molar-refractivity contribution in [1.29, 1.82) is 0 Å². The molecule has 0 radical (unpaired) electrons. The predicted octanol–water partition coefficient (Wildman–Crippen LogP) is 2.12. The number of hydrogen-bond acceptors (Lipinski definition) is 6. The smallest absolute Gasteiger partial charge is 0.333 e. The first kappa shape index (κ1) is 17.4. The van der Waals surface area contributed by atoms with Gasteiger partial charge in [0.25, 0.3) is 0 Å². The van der Waals surface area contributed by atoms with E-state index in [1.807, 2.05) is 30.3 Å². The van der Waals surface area contributed by atoms with Crippen LogP contribution in [0.15, 0.2) is 30.3 Å². The molecule has 25 heavy (non-hydrogen) atoms. The average molecular weight is 345 g/mol. The fourth-order valence-corrected chi connectivity index (χ4v) is 3.15. The van der Waals surface area contributed by atoms with Crippen LogP contribution in [0, 0.1) is 17.0 Å². The molecule has 1 atom stereocenters. The number of hydrogen-bond donors (Lipinski definition) is 1. The fourth-order valence-electron chi connectivity index (χ4n) is 3.15. The Morgan fingerprint density at radius 3 is 2.64 bits per heavy atom. The van der Waals surface area contributed by atoms with Crippen LogP contribution in [0.5, 0.6) is 0 Å². The Hall–Kier alpha value is -2.45. The van der Waals surface area contributed by atoms with Gasteiger partial charge in [0.15, 0.2) is 0 Å². The van der Waals surface area contributed by atoms with Gasteiger partial charge in [-0.25, -0.2) is 4.68 Å². The lowest BCUT2D eigenvalue weighted by atomic mass is 10.1. The molecule has 1 aromatic heterocycles. The van der Waals surface area contributed by atoms with Crippen molar-refractivity contribution >= 4 is 11.5 Å². The molecule has 0 aliphatic carbocycles. The molecule has 0 amide bonds. The zero-order valence-corrected chi connectivity index (χ0v) is 14.5. The third kappa shape index (κ3) is 3.97. The summed E-state index contributed by atoms with van der Waals surface area (Å²) in [5.74, 6) is 0.435. The van der Waals surface area contributed by atoms with Gasteiger partial charge < -0.3 is 10.1 Å². The Morgan fingerprint density at radius 1 is 1.32 bits per heavy atom. The van der Waals surface area contributed by atoms with E-state index in [9.17, 15) is 10.1 Å². The summed E-state index contributed by atoms with van der Waals surface area (Å²) in [6, 6.07) is 9.91. The van der Waals surface area contributed by atoms with Crippen LogP contribution in [0.1, 0.15) is 17.3 Å². The van der Waals surface area contributed by atoms with E-state index in [4.69, 9.17) is 4.74 Å². The van der Waals surface area contributed by atoms with Crippen molar-refractivity contribution in [3.8, 4) is 0 Å². The van der Waals surface area contributed by atoms with E-state index in [2.05, 4.69) is 15.3 Å². The van der Waals surface area contributed by atoms with Gasteiger partial charge in [-0.3, -0.25) is 15.0 Å². The Balaban J connectivity index is 1.89. The summed E-state index contributed by atoms with van der Waals surface area (Å²) in [7, 11) is 1.72. The first-order chi connectivity index (χ1) is 12.1. The summed E-state index contributed by atoms with van der Waals surface area (Å²) in [4.78, 5) is 13.4. The molecular formula is C17H23N5O3. The monoisotopic (exact) mass is 345 g/mol. The van der Waals surface area contributed by atoms with E-state index in [0.29, 0.717) is 24.7 Å². The van der Waals surface area contributed by atoms with E-state index in [-0.39, 0.29) is 16.7 Å². The van der Waals surface area contributed by atoms with Crippen LogP contribution < -0.4 is 5.32 Å². The van der Waals surface area contributed by atoms with Gasteiger partial charge in [0, 0.05) is 26.7 Å². The summed E-state index contributed by atoms with van der Waals surface area (Å²) in [5, 5.41) is 19.0. The fraction of sp³-hybridized carbons (Fsp3) is 0.471. The topological polar surface area (TPSA) is 85.5 Å². The number of nitrogens with one attached hydrogen (secondary N) is 1. The molecule has 1 saturated heterocycles. The number of aryl methyl sites for hydroxylation is 2. The number of rotatable bonds is 6. The molecule has 0 unspecified atom stereocenters. The van der Waals surface area contributed by atoms with Gasteiger partial charge in [0.05, 0.1) is 24.2 Å². The summed E-state index contributed by atoms with van der Waals surface area (Å²) in [6.07, 6.45) is 0. The lowest BCUT2D eigenvalue weighted by Crippen LogP contribution is -2.40. The second-order valence-corrected chi connectivity index (χ2v) is 6.18. The quantitative estimate of drug-likeness (QED) is 0.638. The number of nitro groups is 1. The highest BCUT2D eigenvalue weighted by atomic mass is 16.6. The van der Waals surface area contributed by atoms with Gasteiger partial charge >= 0.3 is 5.69 Å². The van der Waals surface area contributed by atoms with Crippen molar-refractivity contribution in [1.82, 2.24) is 14.7 Å². The summed E-state index contributed by atoms with van der Waals surface area (Å²) in [6.45, 7) is 5.55. The molecule has 3 rings (SSSR count). The zero-order chi connectivity index (χ0) is 17.8. The van der Waals surface area contributed by atoms with Crippen LogP contribution in [0.2, 0.25) is 0 Å². The molecule has 134 valence electrons. The maximum atomic E-state index is 11.4. The van der Waals surface area contributed by atoms with Crippen molar-refractivity contribution < 1.29 is 9.66 Å². The molecule has 1 fully saturated rings. The molecule has 0 saturated carbocycles. The number of anilines is 1. The molecule has 2 aromatic rings. The van der Waals surface area contributed by atoms with E-state index in [1.54, 1.807) is 18.7 Å². The lowest BCUT2D eigenvalue weighted by molar-refractivity contribution is -0.384. The second-order valence-electron chi connectivity index (χ2n) is 6.18. The molecule has 1 aliphatic rings. The van der Waals surface area contributed by atoms with Crippen LogP contribution in [-0.2, 0) is 11.8 Å². The van der Waals surface area contributed by atoms with Crippen LogP contribution in [0.4, 0.5) is 11.5 Å². The predicted molar refractivity (Wildman–Crippen MR) is 94.7 cm³/mol. The number of morpholine rings is 1. The van der Waals surface area contributed by atoms with Gasteiger partial charge in [-0.1, -0.05) is 30.3 Å².